The highest BCUT2D eigenvalue weighted by atomic mass is 16.4. The second-order valence-corrected chi connectivity index (χ2v) is 8.01. The number of benzene rings is 1. The van der Waals surface area contributed by atoms with Crippen LogP contribution in [0.25, 0.3) is 11.0 Å². The van der Waals surface area contributed by atoms with Gasteiger partial charge < -0.3 is 9.32 Å². The summed E-state index contributed by atoms with van der Waals surface area (Å²) in [4.78, 5) is 14.1. The summed E-state index contributed by atoms with van der Waals surface area (Å²) in [5, 5.41) is 1.25. The average molecular weight is 286 g/mol. The lowest BCUT2D eigenvalue weighted by molar-refractivity contribution is 0.385. The van der Waals surface area contributed by atoms with Crippen LogP contribution in [0.15, 0.2) is 33.5 Å². The van der Waals surface area contributed by atoms with Crippen LogP contribution in [0.2, 0.25) is 5.21 Å². The van der Waals surface area contributed by atoms with Crippen LogP contribution >= 0.6 is 0 Å². The molecular weight excluding hydrogens is 267 g/mol. The molecule has 0 aliphatic carbocycles. The van der Waals surface area contributed by atoms with Gasteiger partial charge in [-0.25, -0.2) is 4.79 Å². The Kier molecular flexibility index (Phi) is 3.06. The maximum Gasteiger partial charge on any atom is 0.336 e. The Morgan fingerprint density at radius 3 is 2.18 bits per heavy atom. The molecule has 106 valence electrons. The summed E-state index contributed by atoms with van der Waals surface area (Å²) in [5.74, 6) is 0. The molecule has 0 saturated carbocycles. The number of nitrogens with zero attached hydrogens (tertiary/aromatic N) is 1. The molecule has 2 heterocycles. The smallest absolute Gasteiger partial charge is 0.336 e. The van der Waals surface area contributed by atoms with Gasteiger partial charge in [0.1, 0.15) is 52.7 Å². The van der Waals surface area contributed by atoms with Crippen LogP contribution in [0.5, 0.6) is 0 Å². The summed E-state index contributed by atoms with van der Waals surface area (Å²) < 4.78 is 5.41. The molecule has 3 nitrogen and oxygen atoms in total. The van der Waals surface area contributed by atoms with Crippen molar-refractivity contribution in [1.29, 1.82) is 0 Å². The summed E-state index contributed by atoms with van der Waals surface area (Å²) in [6.07, 6.45) is 0. The third-order valence-electron chi connectivity index (χ3n) is 6.37. The Bertz CT molecular complexity index is 811. The molecule has 1 aliphatic rings. The molecule has 1 fully saturated rings. The number of aryl methyl sites for hydroxylation is 1. The van der Waals surface area contributed by atoms with Crippen LogP contribution in [0.4, 0.5) is 5.69 Å². The van der Waals surface area contributed by atoms with Gasteiger partial charge in [-0.15, -0.1) is 0 Å². The van der Waals surface area contributed by atoms with Crippen LogP contribution < -0.4 is 10.5 Å². The van der Waals surface area contributed by atoms with E-state index in [1.54, 1.807) is 6.07 Å². The van der Waals surface area contributed by atoms with E-state index in [9.17, 15) is 4.79 Å². The van der Waals surface area contributed by atoms with E-state index >= 15 is 0 Å². The molecule has 1 aromatic carbocycles. The van der Waals surface area contributed by atoms with Crippen LogP contribution in [0, 0.1) is 6.92 Å². The first-order chi connectivity index (χ1) is 10.00. The molecule has 1 aliphatic heterocycles. The lowest BCUT2D eigenvalue weighted by Crippen LogP contribution is -2.86. The van der Waals surface area contributed by atoms with Gasteiger partial charge in [0.05, 0.1) is 0 Å². The van der Waals surface area contributed by atoms with Gasteiger partial charge in [0.2, 0.25) is 0 Å². The maximum atomic E-state index is 11.6. The van der Waals surface area contributed by atoms with Gasteiger partial charge >= 0.3 is 5.63 Å². The molecule has 0 N–H and O–H groups in total. The Morgan fingerprint density at radius 2 is 1.59 bits per heavy atom. The van der Waals surface area contributed by atoms with Crippen LogP contribution in [-0.4, -0.2) is 57.8 Å². The number of fused-ring (bicyclic) bond motifs is 1. The number of hydrogen-bond donors (Lipinski definition) is 0. The number of rotatable bonds is 1. The first-order valence-electron chi connectivity index (χ1n) is 7.85. The second kappa shape index (κ2) is 4.33. The summed E-state index contributed by atoms with van der Waals surface area (Å²) >= 11 is 0. The standard InChI is InChI=1S/C13H19B6NO2/c1-6-4-10(21)22-9-5-7(2-3-8(6)9)20-12(16,17)11(14,15)13(20,18)19/h2-5H,14-19H2,1H3. The Balaban J connectivity index is 2.18. The van der Waals surface area contributed by atoms with Crippen LogP contribution in [0.1, 0.15) is 5.56 Å². The molecule has 9 heteroatoms. The van der Waals surface area contributed by atoms with Crippen LogP contribution in [-0.2, 0) is 0 Å². The van der Waals surface area contributed by atoms with E-state index in [1.165, 1.54) is 0 Å². The van der Waals surface area contributed by atoms with Crippen molar-refractivity contribution in [2.75, 3.05) is 4.90 Å². The van der Waals surface area contributed by atoms with E-state index in [2.05, 4.69) is 64.1 Å². The first kappa shape index (κ1) is 15.5. The summed E-state index contributed by atoms with van der Waals surface area (Å²) in [5.41, 5.74) is 2.44. The molecule has 0 bridgehead atoms. The number of hydrogen-bond acceptors (Lipinski definition) is 3. The molecule has 2 aromatic rings. The van der Waals surface area contributed by atoms with Gasteiger partial charge in [-0.3, -0.25) is 0 Å². The van der Waals surface area contributed by atoms with Crippen molar-refractivity contribution in [2.45, 2.75) is 22.8 Å². The van der Waals surface area contributed by atoms with Gasteiger partial charge in [-0.2, -0.15) is 0 Å². The van der Waals surface area contributed by atoms with Crippen molar-refractivity contribution in [3.05, 3.63) is 40.2 Å². The zero-order valence-corrected chi connectivity index (χ0v) is 14.6. The molecule has 1 saturated heterocycles. The summed E-state index contributed by atoms with van der Waals surface area (Å²) in [7, 11) is 13.7. The lowest BCUT2D eigenvalue weighted by Gasteiger charge is -2.76. The van der Waals surface area contributed by atoms with Gasteiger partial charge in [0.15, 0.2) is 0 Å². The quantitative estimate of drug-likeness (QED) is 0.397. The topological polar surface area (TPSA) is 33.5 Å². The molecule has 0 atom stereocenters. The fraction of sp³-hybridized carbons (Fsp3) is 0.308. The van der Waals surface area contributed by atoms with Crippen molar-refractivity contribution in [3.63, 3.8) is 0 Å². The Hall–Kier alpha value is -1.38. The van der Waals surface area contributed by atoms with Gasteiger partial charge in [-0.05, 0) is 35.3 Å². The summed E-state index contributed by atoms with van der Waals surface area (Å²) in [6, 6.07) is 7.74. The van der Waals surface area contributed by atoms with E-state index in [0.717, 1.165) is 16.6 Å². The molecular formula is C13H19B6NO2. The Labute approximate surface area is 136 Å². The van der Waals surface area contributed by atoms with Crippen molar-refractivity contribution >= 4 is 63.7 Å². The van der Waals surface area contributed by atoms with E-state index in [0.29, 0.717) is 5.58 Å². The monoisotopic (exact) mass is 287 g/mol. The predicted molar refractivity (Wildman–Crippen MR) is 109 cm³/mol. The number of anilines is 1. The molecule has 0 spiro atoms. The maximum absolute atomic E-state index is 11.6. The third kappa shape index (κ3) is 1.74. The Morgan fingerprint density at radius 1 is 1.00 bits per heavy atom. The highest BCUT2D eigenvalue weighted by molar-refractivity contribution is 6.67. The minimum absolute atomic E-state index is 0.0360. The van der Waals surface area contributed by atoms with Crippen molar-refractivity contribution in [2.24, 2.45) is 0 Å². The highest BCUT2D eigenvalue weighted by Gasteiger charge is 2.63. The van der Waals surface area contributed by atoms with Crippen LogP contribution in [0.3, 0.4) is 0 Å². The molecule has 3 rings (SSSR count). The molecule has 0 unspecified atom stereocenters. The average Bonchev–Trinajstić information content (AvgIpc) is 2.36. The molecule has 22 heavy (non-hydrogen) atoms. The van der Waals surface area contributed by atoms with E-state index in [1.807, 2.05) is 13.0 Å². The minimum atomic E-state index is -0.287. The minimum Gasteiger partial charge on any atom is -0.423 e. The first-order valence-corrected chi connectivity index (χ1v) is 7.85. The fourth-order valence-electron chi connectivity index (χ4n) is 4.05. The van der Waals surface area contributed by atoms with Crippen molar-refractivity contribution in [1.82, 2.24) is 0 Å². The highest BCUT2D eigenvalue weighted by Crippen LogP contribution is 2.56. The largest absolute Gasteiger partial charge is 0.423 e. The van der Waals surface area contributed by atoms with Crippen molar-refractivity contribution < 1.29 is 4.42 Å². The van der Waals surface area contributed by atoms with Crippen molar-refractivity contribution in [3.8, 4) is 0 Å². The molecule has 1 aromatic heterocycles. The third-order valence-corrected chi connectivity index (χ3v) is 6.37. The lowest BCUT2D eigenvalue weighted by atomic mass is 9.15. The summed E-state index contributed by atoms with van der Waals surface area (Å²) in [6.45, 7) is 1.94. The predicted octanol–water partition coefficient (Wildman–Crippen LogP) is -3.86. The zero-order valence-electron chi connectivity index (χ0n) is 14.6. The SMILES string of the molecule is BC1(B)N(c2ccc3c(C)cc(=O)oc3c2)C(B)(B)C1(B)B. The molecule has 0 amide bonds. The van der Waals surface area contributed by atoms with Gasteiger partial charge in [0, 0.05) is 23.2 Å². The van der Waals surface area contributed by atoms with E-state index in [4.69, 9.17) is 4.42 Å². The normalized spacial score (nSPS) is 21.4. The van der Waals surface area contributed by atoms with E-state index in [-0.39, 0.29) is 21.5 Å². The van der Waals surface area contributed by atoms with Gasteiger partial charge in [0.25, 0.3) is 0 Å². The van der Waals surface area contributed by atoms with Gasteiger partial charge in [-0.1, -0.05) is 5.21 Å². The van der Waals surface area contributed by atoms with E-state index < -0.39 is 0 Å². The molecule has 0 radical (unpaired) electrons. The second-order valence-electron chi connectivity index (χ2n) is 8.01. The zero-order chi connectivity index (χ0) is 16.5. The fourth-order valence-corrected chi connectivity index (χ4v) is 4.05.